The number of carbonyl (C=O) groups excluding carboxylic acids is 2. The van der Waals surface area contributed by atoms with Crippen molar-refractivity contribution < 1.29 is 9.59 Å². The maximum atomic E-state index is 12.4. The molecule has 0 saturated carbocycles. The lowest BCUT2D eigenvalue weighted by molar-refractivity contribution is -0.132. The van der Waals surface area contributed by atoms with Crippen LogP contribution in [-0.4, -0.2) is 43.3 Å². The number of aryl methyl sites for hydroxylation is 2. The standard InChI is InChI=1S/C19H28N2O2/c1-14-4-5-15(2)17(12-14)18(22)6-7-19(23)21-10-8-16(9-11-21)13-20-3/h4-5,12,16,20H,6-11,13H2,1-3H3. The summed E-state index contributed by atoms with van der Waals surface area (Å²) in [5.41, 5.74) is 2.82. The molecular formula is C19H28N2O2. The normalized spacial score (nSPS) is 15.7. The van der Waals surface area contributed by atoms with E-state index in [0.29, 0.717) is 18.8 Å². The van der Waals surface area contributed by atoms with Crippen LogP contribution in [0.1, 0.15) is 47.2 Å². The van der Waals surface area contributed by atoms with E-state index in [2.05, 4.69) is 5.32 Å². The average Bonchev–Trinajstić information content (AvgIpc) is 2.55. The van der Waals surface area contributed by atoms with Gasteiger partial charge < -0.3 is 10.2 Å². The van der Waals surface area contributed by atoms with Gasteiger partial charge in [-0.1, -0.05) is 17.7 Å². The van der Waals surface area contributed by atoms with Gasteiger partial charge in [-0.05, 0) is 57.8 Å². The Morgan fingerprint density at radius 3 is 2.52 bits per heavy atom. The highest BCUT2D eigenvalue weighted by Gasteiger charge is 2.22. The lowest BCUT2D eigenvalue weighted by Gasteiger charge is -2.32. The Bertz CT molecular complexity index is 560. The average molecular weight is 316 g/mol. The molecule has 0 atom stereocenters. The molecular weight excluding hydrogens is 288 g/mol. The Kier molecular flexibility index (Phi) is 6.34. The molecule has 23 heavy (non-hydrogen) atoms. The van der Waals surface area contributed by atoms with Crippen LogP contribution in [0.5, 0.6) is 0 Å². The highest BCUT2D eigenvalue weighted by molar-refractivity contribution is 5.99. The molecule has 2 rings (SSSR count). The predicted molar refractivity (Wildman–Crippen MR) is 92.7 cm³/mol. The number of ketones is 1. The Hall–Kier alpha value is -1.68. The number of hydrogen-bond acceptors (Lipinski definition) is 3. The Balaban J connectivity index is 1.82. The van der Waals surface area contributed by atoms with Crippen molar-refractivity contribution in [2.75, 3.05) is 26.7 Å². The van der Waals surface area contributed by atoms with Crippen LogP contribution in [0.4, 0.5) is 0 Å². The van der Waals surface area contributed by atoms with Crippen LogP contribution < -0.4 is 5.32 Å². The molecule has 0 spiro atoms. The zero-order chi connectivity index (χ0) is 16.8. The second-order valence-electron chi connectivity index (χ2n) is 6.62. The fraction of sp³-hybridized carbons (Fsp3) is 0.579. The molecule has 1 N–H and O–H groups in total. The lowest BCUT2D eigenvalue weighted by Crippen LogP contribution is -2.40. The van der Waals surface area contributed by atoms with Crippen molar-refractivity contribution in [3.8, 4) is 0 Å². The van der Waals surface area contributed by atoms with Gasteiger partial charge in [-0.15, -0.1) is 0 Å². The van der Waals surface area contributed by atoms with Gasteiger partial charge in [-0.2, -0.15) is 0 Å². The predicted octanol–water partition coefficient (Wildman–Crippen LogP) is 2.72. The lowest BCUT2D eigenvalue weighted by atomic mass is 9.96. The summed E-state index contributed by atoms with van der Waals surface area (Å²) in [6, 6.07) is 5.90. The first-order valence-electron chi connectivity index (χ1n) is 8.54. The maximum Gasteiger partial charge on any atom is 0.223 e. The van der Waals surface area contributed by atoms with Crippen LogP contribution in [0.3, 0.4) is 0 Å². The molecule has 1 saturated heterocycles. The van der Waals surface area contributed by atoms with Crippen molar-refractivity contribution in [3.63, 3.8) is 0 Å². The summed E-state index contributed by atoms with van der Waals surface area (Å²) in [6.07, 6.45) is 2.73. The number of amides is 1. The van der Waals surface area contributed by atoms with Gasteiger partial charge in [0.2, 0.25) is 5.91 Å². The van der Waals surface area contributed by atoms with Gasteiger partial charge in [0.25, 0.3) is 0 Å². The van der Waals surface area contributed by atoms with Gasteiger partial charge in [0.1, 0.15) is 0 Å². The van der Waals surface area contributed by atoms with Crippen LogP contribution >= 0.6 is 0 Å². The molecule has 4 nitrogen and oxygen atoms in total. The molecule has 4 heteroatoms. The van der Waals surface area contributed by atoms with Crippen molar-refractivity contribution in [1.29, 1.82) is 0 Å². The summed E-state index contributed by atoms with van der Waals surface area (Å²) >= 11 is 0. The van der Waals surface area contributed by atoms with E-state index in [1.54, 1.807) is 0 Å². The minimum absolute atomic E-state index is 0.0737. The van der Waals surface area contributed by atoms with E-state index in [-0.39, 0.29) is 11.7 Å². The number of rotatable bonds is 6. The molecule has 1 aliphatic rings. The minimum Gasteiger partial charge on any atom is -0.343 e. The summed E-state index contributed by atoms with van der Waals surface area (Å²) in [7, 11) is 1.97. The van der Waals surface area contributed by atoms with Crippen molar-refractivity contribution in [2.45, 2.75) is 39.5 Å². The number of benzene rings is 1. The molecule has 0 radical (unpaired) electrons. The first-order valence-corrected chi connectivity index (χ1v) is 8.54. The summed E-state index contributed by atoms with van der Waals surface area (Å²) in [4.78, 5) is 26.6. The Morgan fingerprint density at radius 2 is 1.87 bits per heavy atom. The SMILES string of the molecule is CNCC1CCN(C(=O)CCC(=O)c2cc(C)ccc2C)CC1. The van der Waals surface area contributed by atoms with E-state index in [1.807, 2.05) is 44.0 Å². The number of piperidine rings is 1. The molecule has 0 aromatic heterocycles. The number of hydrogen-bond donors (Lipinski definition) is 1. The number of carbonyl (C=O) groups is 2. The topological polar surface area (TPSA) is 49.4 Å². The van der Waals surface area contributed by atoms with E-state index >= 15 is 0 Å². The van der Waals surface area contributed by atoms with Crippen LogP contribution in [0.2, 0.25) is 0 Å². The molecule has 1 heterocycles. The van der Waals surface area contributed by atoms with Crippen LogP contribution in [-0.2, 0) is 4.79 Å². The van der Waals surface area contributed by atoms with Crippen molar-refractivity contribution in [2.24, 2.45) is 5.92 Å². The second-order valence-corrected chi connectivity index (χ2v) is 6.62. The smallest absolute Gasteiger partial charge is 0.223 e. The first-order chi connectivity index (χ1) is 11.0. The van der Waals surface area contributed by atoms with Gasteiger partial charge >= 0.3 is 0 Å². The largest absolute Gasteiger partial charge is 0.343 e. The minimum atomic E-state index is 0.0737. The first kappa shape index (κ1) is 17.7. The maximum absolute atomic E-state index is 12.4. The number of Topliss-reactive ketones (excluding diaryl/α,β-unsaturated/α-hetero) is 1. The molecule has 1 aromatic carbocycles. The van der Waals surface area contributed by atoms with Crippen LogP contribution in [0.15, 0.2) is 18.2 Å². The van der Waals surface area contributed by atoms with Gasteiger partial charge in [0.15, 0.2) is 5.78 Å². The monoisotopic (exact) mass is 316 g/mol. The van der Waals surface area contributed by atoms with E-state index in [4.69, 9.17) is 0 Å². The van der Waals surface area contributed by atoms with Crippen molar-refractivity contribution >= 4 is 11.7 Å². The van der Waals surface area contributed by atoms with Gasteiger partial charge in [-0.3, -0.25) is 9.59 Å². The quantitative estimate of drug-likeness (QED) is 0.821. The summed E-state index contributed by atoms with van der Waals surface area (Å²) in [5.74, 6) is 0.858. The Morgan fingerprint density at radius 1 is 1.17 bits per heavy atom. The molecule has 1 aliphatic heterocycles. The zero-order valence-electron chi connectivity index (χ0n) is 14.5. The number of nitrogens with zero attached hydrogens (tertiary/aromatic N) is 1. The van der Waals surface area contributed by atoms with E-state index in [1.165, 1.54) is 0 Å². The highest BCUT2D eigenvalue weighted by atomic mass is 16.2. The van der Waals surface area contributed by atoms with E-state index < -0.39 is 0 Å². The highest BCUT2D eigenvalue weighted by Crippen LogP contribution is 2.18. The Labute approximate surface area is 139 Å². The molecule has 0 unspecified atom stereocenters. The molecule has 0 bridgehead atoms. The number of nitrogens with one attached hydrogen (secondary N) is 1. The van der Waals surface area contributed by atoms with E-state index in [0.717, 1.165) is 49.2 Å². The van der Waals surface area contributed by atoms with Crippen molar-refractivity contribution in [1.82, 2.24) is 10.2 Å². The number of likely N-dealkylation sites (tertiary alicyclic amines) is 1. The van der Waals surface area contributed by atoms with Crippen molar-refractivity contribution in [3.05, 3.63) is 34.9 Å². The second kappa shape index (κ2) is 8.25. The molecule has 0 aliphatic carbocycles. The fourth-order valence-electron chi connectivity index (χ4n) is 3.22. The molecule has 1 amide bonds. The third-order valence-electron chi connectivity index (χ3n) is 4.72. The van der Waals surface area contributed by atoms with Crippen LogP contribution in [0.25, 0.3) is 0 Å². The van der Waals surface area contributed by atoms with E-state index in [9.17, 15) is 9.59 Å². The van der Waals surface area contributed by atoms with Gasteiger partial charge in [0.05, 0.1) is 0 Å². The summed E-state index contributed by atoms with van der Waals surface area (Å²) < 4.78 is 0. The van der Waals surface area contributed by atoms with Gasteiger partial charge in [0, 0.05) is 31.5 Å². The molecule has 1 fully saturated rings. The third-order valence-corrected chi connectivity index (χ3v) is 4.72. The molecule has 126 valence electrons. The van der Waals surface area contributed by atoms with Crippen LogP contribution in [0, 0.1) is 19.8 Å². The third kappa shape index (κ3) is 4.90. The molecule has 1 aromatic rings. The summed E-state index contributed by atoms with van der Waals surface area (Å²) in [6.45, 7) is 6.59. The summed E-state index contributed by atoms with van der Waals surface area (Å²) in [5, 5.41) is 3.20. The van der Waals surface area contributed by atoms with Gasteiger partial charge in [-0.25, -0.2) is 0 Å². The fourth-order valence-corrected chi connectivity index (χ4v) is 3.22. The zero-order valence-corrected chi connectivity index (χ0v) is 14.5.